The second-order valence-corrected chi connectivity index (χ2v) is 5.58. The molecule has 2 N–H and O–H groups in total. The molecule has 1 aliphatic heterocycles. The molecule has 2 heterocycles. The first kappa shape index (κ1) is 14.1. The van der Waals surface area contributed by atoms with Gasteiger partial charge in [-0.25, -0.2) is 0 Å². The monoisotopic (exact) mass is 264 g/mol. The number of piperidine rings is 1. The minimum absolute atomic E-state index is 0.00839. The molecule has 2 unspecified atom stereocenters. The number of nitrogens with zero attached hydrogens (tertiary/aromatic N) is 3. The Morgan fingerprint density at radius 3 is 2.84 bits per heavy atom. The van der Waals surface area contributed by atoms with Gasteiger partial charge in [0.05, 0.1) is 12.2 Å². The van der Waals surface area contributed by atoms with Gasteiger partial charge in [-0.15, -0.1) is 0 Å². The van der Waals surface area contributed by atoms with E-state index >= 15 is 0 Å². The van der Waals surface area contributed by atoms with E-state index in [0.29, 0.717) is 12.5 Å². The number of nitrogens with two attached hydrogens (primary N) is 1. The first-order valence-corrected chi connectivity index (χ1v) is 7.13. The molecule has 0 radical (unpaired) electrons. The second kappa shape index (κ2) is 5.74. The molecule has 1 fully saturated rings. The van der Waals surface area contributed by atoms with Crippen molar-refractivity contribution >= 4 is 5.91 Å². The summed E-state index contributed by atoms with van der Waals surface area (Å²) in [4.78, 5) is 14.0. The molecule has 19 heavy (non-hydrogen) atoms. The highest BCUT2D eigenvalue weighted by atomic mass is 16.2. The predicted molar refractivity (Wildman–Crippen MR) is 74.6 cm³/mol. The van der Waals surface area contributed by atoms with Crippen molar-refractivity contribution in [2.45, 2.75) is 58.2 Å². The van der Waals surface area contributed by atoms with Crippen LogP contribution in [-0.4, -0.2) is 33.2 Å². The van der Waals surface area contributed by atoms with Crippen LogP contribution in [0.15, 0.2) is 12.4 Å². The largest absolute Gasteiger partial charge is 0.334 e. The fourth-order valence-electron chi connectivity index (χ4n) is 2.70. The second-order valence-electron chi connectivity index (χ2n) is 5.58. The number of carbonyl (C=O) groups excluding carboxylic acids is 1. The van der Waals surface area contributed by atoms with Crippen LogP contribution in [0, 0.1) is 0 Å². The van der Waals surface area contributed by atoms with E-state index in [2.05, 4.69) is 25.9 Å². The van der Waals surface area contributed by atoms with Crippen LogP contribution < -0.4 is 5.73 Å². The summed E-state index contributed by atoms with van der Waals surface area (Å²) >= 11 is 0. The maximum absolute atomic E-state index is 12.1. The molecule has 1 aromatic rings. The van der Waals surface area contributed by atoms with Crippen molar-refractivity contribution in [1.29, 1.82) is 0 Å². The van der Waals surface area contributed by atoms with Gasteiger partial charge in [0, 0.05) is 36.8 Å². The van der Waals surface area contributed by atoms with Crippen molar-refractivity contribution in [3.8, 4) is 0 Å². The fourth-order valence-corrected chi connectivity index (χ4v) is 2.70. The number of carbonyl (C=O) groups is 1. The van der Waals surface area contributed by atoms with E-state index in [0.717, 1.165) is 24.9 Å². The van der Waals surface area contributed by atoms with Crippen molar-refractivity contribution < 1.29 is 4.79 Å². The molecule has 1 aromatic heterocycles. The summed E-state index contributed by atoms with van der Waals surface area (Å²) in [5.74, 6) is 0.214. The zero-order valence-corrected chi connectivity index (χ0v) is 12.0. The first-order valence-electron chi connectivity index (χ1n) is 7.13. The van der Waals surface area contributed by atoms with E-state index in [1.165, 1.54) is 0 Å². The fraction of sp³-hybridized carbons (Fsp3) is 0.714. The van der Waals surface area contributed by atoms with Gasteiger partial charge in [0.15, 0.2) is 0 Å². The Bertz CT molecular complexity index is 440. The Kier molecular flexibility index (Phi) is 4.24. The summed E-state index contributed by atoms with van der Waals surface area (Å²) in [7, 11) is 0. The Morgan fingerprint density at radius 1 is 1.53 bits per heavy atom. The zero-order valence-electron chi connectivity index (χ0n) is 12.0. The smallest absolute Gasteiger partial charge is 0.223 e. The summed E-state index contributed by atoms with van der Waals surface area (Å²) in [6, 6.07) is 0.312. The van der Waals surface area contributed by atoms with Gasteiger partial charge in [0.2, 0.25) is 5.91 Å². The van der Waals surface area contributed by atoms with Gasteiger partial charge in [-0.3, -0.25) is 9.48 Å². The van der Waals surface area contributed by atoms with E-state index in [1.807, 2.05) is 22.0 Å². The average Bonchev–Trinajstić information content (AvgIpc) is 2.84. The summed E-state index contributed by atoms with van der Waals surface area (Å²) in [6.07, 6.45) is 6.15. The Labute approximate surface area is 114 Å². The number of aromatic nitrogens is 2. The molecule has 1 amide bonds. The summed E-state index contributed by atoms with van der Waals surface area (Å²) in [5.41, 5.74) is 7.31. The topological polar surface area (TPSA) is 64.2 Å². The van der Waals surface area contributed by atoms with Crippen LogP contribution in [-0.2, 0) is 4.79 Å². The van der Waals surface area contributed by atoms with E-state index in [-0.39, 0.29) is 18.0 Å². The van der Waals surface area contributed by atoms with Gasteiger partial charge >= 0.3 is 0 Å². The molecule has 0 aliphatic carbocycles. The van der Waals surface area contributed by atoms with Crippen LogP contribution in [0.3, 0.4) is 0 Å². The standard InChI is InChI=1S/C14H24N4O/c1-4-7-17-13(19)6-5-12(15)14(17)11-8-16-18(9-11)10(2)3/h8-10,12,14H,4-7,15H2,1-3H3. The highest BCUT2D eigenvalue weighted by Crippen LogP contribution is 2.31. The quantitative estimate of drug-likeness (QED) is 0.903. The van der Waals surface area contributed by atoms with Crippen LogP contribution in [0.1, 0.15) is 57.7 Å². The normalized spacial score (nSPS) is 24.3. The van der Waals surface area contributed by atoms with Crippen molar-refractivity contribution in [2.24, 2.45) is 5.73 Å². The van der Waals surface area contributed by atoms with E-state index in [1.54, 1.807) is 0 Å². The molecule has 0 saturated carbocycles. The summed E-state index contributed by atoms with van der Waals surface area (Å²) < 4.78 is 1.92. The van der Waals surface area contributed by atoms with Crippen molar-refractivity contribution in [1.82, 2.24) is 14.7 Å². The molecule has 1 aliphatic rings. The number of hydrogen-bond acceptors (Lipinski definition) is 3. The minimum Gasteiger partial charge on any atom is -0.334 e. The molecule has 2 rings (SSSR count). The minimum atomic E-state index is -0.0197. The lowest BCUT2D eigenvalue weighted by molar-refractivity contribution is -0.137. The van der Waals surface area contributed by atoms with Crippen molar-refractivity contribution in [2.75, 3.05) is 6.54 Å². The Balaban J connectivity index is 2.28. The first-order chi connectivity index (χ1) is 9.04. The average molecular weight is 264 g/mol. The number of hydrogen-bond donors (Lipinski definition) is 1. The molecule has 106 valence electrons. The summed E-state index contributed by atoms with van der Waals surface area (Å²) in [5, 5.41) is 4.37. The third-order valence-electron chi connectivity index (χ3n) is 3.71. The number of likely N-dealkylation sites (tertiary alicyclic amines) is 1. The zero-order chi connectivity index (χ0) is 14.0. The molecule has 1 saturated heterocycles. The van der Waals surface area contributed by atoms with Gasteiger partial charge < -0.3 is 10.6 Å². The van der Waals surface area contributed by atoms with Crippen LogP contribution in [0.5, 0.6) is 0 Å². The maximum atomic E-state index is 12.1. The maximum Gasteiger partial charge on any atom is 0.223 e. The van der Waals surface area contributed by atoms with E-state index in [9.17, 15) is 4.79 Å². The molecule has 5 heteroatoms. The lowest BCUT2D eigenvalue weighted by Crippen LogP contribution is -2.48. The van der Waals surface area contributed by atoms with Crippen LogP contribution in [0.2, 0.25) is 0 Å². The lowest BCUT2D eigenvalue weighted by atomic mass is 9.92. The van der Waals surface area contributed by atoms with Crippen molar-refractivity contribution in [3.05, 3.63) is 18.0 Å². The molecular formula is C14H24N4O. The Hall–Kier alpha value is -1.36. The molecule has 0 aromatic carbocycles. The van der Waals surface area contributed by atoms with Crippen LogP contribution >= 0.6 is 0 Å². The van der Waals surface area contributed by atoms with E-state index in [4.69, 9.17) is 5.73 Å². The van der Waals surface area contributed by atoms with Gasteiger partial charge in [-0.05, 0) is 26.7 Å². The SMILES string of the molecule is CCCN1C(=O)CCC(N)C1c1cnn(C(C)C)c1. The van der Waals surface area contributed by atoms with Crippen LogP contribution in [0.25, 0.3) is 0 Å². The lowest BCUT2D eigenvalue weighted by Gasteiger charge is -2.39. The Morgan fingerprint density at radius 2 is 2.26 bits per heavy atom. The third kappa shape index (κ3) is 2.81. The third-order valence-corrected chi connectivity index (χ3v) is 3.71. The molecule has 5 nitrogen and oxygen atoms in total. The van der Waals surface area contributed by atoms with Crippen molar-refractivity contribution in [3.63, 3.8) is 0 Å². The van der Waals surface area contributed by atoms with E-state index < -0.39 is 0 Å². The van der Waals surface area contributed by atoms with Gasteiger partial charge in [0.1, 0.15) is 0 Å². The van der Waals surface area contributed by atoms with Gasteiger partial charge in [-0.1, -0.05) is 6.92 Å². The number of rotatable bonds is 4. The predicted octanol–water partition coefficient (Wildman–Crippen LogP) is 1.86. The van der Waals surface area contributed by atoms with Crippen LogP contribution in [0.4, 0.5) is 0 Å². The number of amides is 1. The highest BCUT2D eigenvalue weighted by Gasteiger charge is 2.35. The van der Waals surface area contributed by atoms with Gasteiger partial charge in [-0.2, -0.15) is 5.10 Å². The summed E-state index contributed by atoms with van der Waals surface area (Å²) in [6.45, 7) is 7.03. The molecular weight excluding hydrogens is 240 g/mol. The molecule has 0 bridgehead atoms. The van der Waals surface area contributed by atoms with Gasteiger partial charge in [0.25, 0.3) is 0 Å². The highest BCUT2D eigenvalue weighted by molar-refractivity contribution is 5.77. The molecule has 0 spiro atoms. The molecule has 2 atom stereocenters.